The van der Waals surface area contributed by atoms with Crippen LogP contribution in [-0.4, -0.2) is 46.3 Å². The number of hydrogen-bond donors (Lipinski definition) is 0. The van der Waals surface area contributed by atoms with Gasteiger partial charge in [-0.05, 0) is 25.1 Å². The number of Topliss-reactive ketones (excluding diaryl/α,β-unsaturated/α-hetero) is 1. The summed E-state index contributed by atoms with van der Waals surface area (Å²) in [6, 6.07) is 5.07. The van der Waals surface area contributed by atoms with Crippen LogP contribution in [0.3, 0.4) is 0 Å². The van der Waals surface area contributed by atoms with E-state index in [1.54, 1.807) is 25.3 Å². The summed E-state index contributed by atoms with van der Waals surface area (Å²) in [5, 5.41) is 0. The number of carbonyl (C=O) groups is 2. The van der Waals surface area contributed by atoms with Crippen molar-refractivity contribution in [2.24, 2.45) is 0 Å². The number of esters is 1. The summed E-state index contributed by atoms with van der Waals surface area (Å²) < 4.78 is 20.1. The predicted molar refractivity (Wildman–Crippen MR) is 81.0 cm³/mol. The Morgan fingerprint density at radius 1 is 1.09 bits per heavy atom. The van der Waals surface area contributed by atoms with Crippen LogP contribution in [0, 0.1) is 0 Å². The molecule has 0 saturated carbocycles. The van der Waals surface area contributed by atoms with Crippen LogP contribution < -0.4 is 9.47 Å². The Bertz CT molecular complexity index is 562. The molecule has 0 spiro atoms. The van der Waals surface area contributed by atoms with Gasteiger partial charge in [0.1, 0.15) is 23.7 Å². The van der Waals surface area contributed by atoms with Crippen molar-refractivity contribution in [1.29, 1.82) is 0 Å². The molecule has 0 aliphatic heterocycles. The summed E-state index contributed by atoms with van der Waals surface area (Å²) in [5.74, 6) is 0.0200. The maximum Gasteiger partial charge on any atom is 0.341 e. The van der Waals surface area contributed by atoms with Gasteiger partial charge in [0.2, 0.25) is 0 Å². The lowest BCUT2D eigenvalue weighted by Crippen LogP contribution is -2.16. The van der Waals surface area contributed by atoms with E-state index in [0.29, 0.717) is 17.1 Å². The first-order valence-electron chi connectivity index (χ1n) is 6.64. The normalized spacial score (nSPS) is 11.0. The molecule has 0 heterocycles. The van der Waals surface area contributed by atoms with Gasteiger partial charge in [-0.25, -0.2) is 4.79 Å². The van der Waals surface area contributed by atoms with Crippen molar-refractivity contribution in [3.05, 3.63) is 29.3 Å². The van der Waals surface area contributed by atoms with Crippen LogP contribution in [0.1, 0.15) is 12.5 Å². The summed E-state index contributed by atoms with van der Waals surface area (Å²) in [6.45, 7) is 1.65. The van der Waals surface area contributed by atoms with Gasteiger partial charge in [0.15, 0.2) is 5.78 Å². The number of rotatable bonds is 8. The first-order chi connectivity index (χ1) is 10.5. The maximum atomic E-state index is 12.0. The van der Waals surface area contributed by atoms with Crippen molar-refractivity contribution in [2.45, 2.75) is 6.92 Å². The minimum Gasteiger partial charge on any atom is -0.497 e. The van der Waals surface area contributed by atoms with E-state index in [-0.39, 0.29) is 24.6 Å². The molecule has 0 unspecified atom stereocenters. The number of ketones is 1. The van der Waals surface area contributed by atoms with Gasteiger partial charge in [0.25, 0.3) is 0 Å². The number of carbonyl (C=O) groups excluding carboxylic acids is 2. The summed E-state index contributed by atoms with van der Waals surface area (Å²) in [5.41, 5.74) is 0.525. The third-order valence-electron chi connectivity index (χ3n) is 2.86. The topological polar surface area (TPSA) is 71.1 Å². The van der Waals surface area contributed by atoms with E-state index in [1.807, 2.05) is 0 Å². The van der Waals surface area contributed by atoms with Crippen molar-refractivity contribution in [3.8, 4) is 11.5 Å². The largest absolute Gasteiger partial charge is 0.497 e. The lowest BCUT2D eigenvalue weighted by Gasteiger charge is -2.09. The quantitative estimate of drug-likeness (QED) is 0.240. The zero-order valence-corrected chi connectivity index (χ0v) is 13.2. The number of ether oxygens (including phenoxy) is 4. The third kappa shape index (κ3) is 4.89. The monoisotopic (exact) mass is 308 g/mol. The van der Waals surface area contributed by atoms with Crippen LogP contribution in [0.5, 0.6) is 11.5 Å². The fourth-order valence-corrected chi connectivity index (χ4v) is 1.69. The minimum absolute atomic E-state index is 0.0560. The van der Waals surface area contributed by atoms with Crippen molar-refractivity contribution in [2.75, 3.05) is 34.5 Å². The van der Waals surface area contributed by atoms with Gasteiger partial charge in [-0.15, -0.1) is 0 Å². The second-order valence-corrected chi connectivity index (χ2v) is 4.35. The van der Waals surface area contributed by atoms with E-state index < -0.39 is 5.97 Å². The van der Waals surface area contributed by atoms with E-state index in [0.717, 1.165) is 0 Å². The molecular formula is C16H20O6. The molecule has 0 aliphatic carbocycles. The first kappa shape index (κ1) is 17.7. The molecule has 1 aromatic carbocycles. The molecule has 0 aliphatic rings. The lowest BCUT2D eigenvalue weighted by atomic mass is 10.1. The highest BCUT2D eigenvalue weighted by atomic mass is 16.6. The second-order valence-electron chi connectivity index (χ2n) is 4.35. The summed E-state index contributed by atoms with van der Waals surface area (Å²) >= 11 is 0. The molecule has 0 bridgehead atoms. The van der Waals surface area contributed by atoms with Crippen LogP contribution in [0.2, 0.25) is 0 Å². The summed E-state index contributed by atoms with van der Waals surface area (Å²) in [7, 11) is 4.53. The first-order valence-corrected chi connectivity index (χ1v) is 6.64. The highest BCUT2D eigenvalue weighted by Crippen LogP contribution is 2.26. The second kappa shape index (κ2) is 8.84. The van der Waals surface area contributed by atoms with Crippen LogP contribution in [0.15, 0.2) is 23.8 Å². The molecule has 0 fully saturated rings. The zero-order valence-electron chi connectivity index (χ0n) is 13.2. The SMILES string of the molecule is COCCOC(=O)/C(=C\c1ccc(OC)cc1OC)C(C)=O. The summed E-state index contributed by atoms with van der Waals surface area (Å²) in [6.07, 6.45) is 1.44. The number of benzene rings is 1. The summed E-state index contributed by atoms with van der Waals surface area (Å²) in [4.78, 5) is 23.6. The predicted octanol–water partition coefficient (Wildman–Crippen LogP) is 1.87. The van der Waals surface area contributed by atoms with Gasteiger partial charge < -0.3 is 18.9 Å². The fraction of sp³-hybridized carbons (Fsp3) is 0.375. The Labute approximate surface area is 129 Å². The van der Waals surface area contributed by atoms with Crippen molar-refractivity contribution >= 4 is 17.8 Å². The molecular weight excluding hydrogens is 288 g/mol. The van der Waals surface area contributed by atoms with Gasteiger partial charge in [0, 0.05) is 18.7 Å². The van der Waals surface area contributed by atoms with Crippen LogP contribution in [0.4, 0.5) is 0 Å². The van der Waals surface area contributed by atoms with Gasteiger partial charge in [-0.1, -0.05) is 0 Å². The molecule has 0 saturated heterocycles. The Balaban J connectivity index is 3.07. The highest BCUT2D eigenvalue weighted by Gasteiger charge is 2.17. The van der Waals surface area contributed by atoms with E-state index in [2.05, 4.69) is 0 Å². The van der Waals surface area contributed by atoms with Gasteiger partial charge in [-0.3, -0.25) is 4.79 Å². The lowest BCUT2D eigenvalue weighted by molar-refractivity contribution is -0.141. The standard InChI is InChI=1S/C16H20O6/c1-11(17)14(16(18)22-8-7-19-2)9-12-5-6-13(20-3)10-15(12)21-4/h5-6,9-10H,7-8H2,1-4H3/b14-9-. The Morgan fingerprint density at radius 3 is 2.36 bits per heavy atom. The molecule has 0 aromatic heterocycles. The number of hydrogen-bond acceptors (Lipinski definition) is 6. The fourth-order valence-electron chi connectivity index (χ4n) is 1.69. The molecule has 1 aromatic rings. The Morgan fingerprint density at radius 2 is 1.82 bits per heavy atom. The van der Waals surface area contributed by atoms with Crippen molar-refractivity contribution < 1.29 is 28.5 Å². The minimum atomic E-state index is -0.692. The van der Waals surface area contributed by atoms with Gasteiger partial charge in [-0.2, -0.15) is 0 Å². The van der Waals surface area contributed by atoms with Crippen LogP contribution >= 0.6 is 0 Å². The molecule has 1 rings (SSSR count). The molecule has 0 radical (unpaired) electrons. The van der Waals surface area contributed by atoms with Crippen molar-refractivity contribution in [1.82, 2.24) is 0 Å². The average molecular weight is 308 g/mol. The molecule has 6 heteroatoms. The molecule has 6 nitrogen and oxygen atoms in total. The van der Waals surface area contributed by atoms with Gasteiger partial charge >= 0.3 is 5.97 Å². The van der Waals surface area contributed by atoms with Crippen LogP contribution in [0.25, 0.3) is 6.08 Å². The van der Waals surface area contributed by atoms with E-state index in [9.17, 15) is 9.59 Å². The van der Waals surface area contributed by atoms with E-state index in [4.69, 9.17) is 18.9 Å². The van der Waals surface area contributed by atoms with E-state index >= 15 is 0 Å². The molecule has 120 valence electrons. The molecule has 22 heavy (non-hydrogen) atoms. The number of methoxy groups -OCH3 is 3. The van der Waals surface area contributed by atoms with Crippen molar-refractivity contribution in [3.63, 3.8) is 0 Å². The maximum absolute atomic E-state index is 12.0. The highest BCUT2D eigenvalue weighted by molar-refractivity contribution is 6.19. The third-order valence-corrected chi connectivity index (χ3v) is 2.86. The Hall–Kier alpha value is -2.34. The molecule has 0 N–H and O–H groups in total. The zero-order chi connectivity index (χ0) is 16.5. The van der Waals surface area contributed by atoms with E-state index in [1.165, 1.54) is 27.2 Å². The van der Waals surface area contributed by atoms with Crippen LogP contribution in [-0.2, 0) is 19.1 Å². The Kier molecular flexibility index (Phi) is 7.12. The molecule has 0 amide bonds. The van der Waals surface area contributed by atoms with Gasteiger partial charge in [0.05, 0.1) is 20.8 Å². The average Bonchev–Trinajstić information content (AvgIpc) is 2.52. The molecule has 0 atom stereocenters. The smallest absolute Gasteiger partial charge is 0.341 e.